The van der Waals surface area contributed by atoms with Gasteiger partial charge in [0.05, 0.1) is 24.3 Å². The molecule has 3 rings (SSSR count). The summed E-state index contributed by atoms with van der Waals surface area (Å²) in [4.78, 5) is 11.9. The van der Waals surface area contributed by atoms with Gasteiger partial charge in [-0.3, -0.25) is 0 Å². The largest absolute Gasteiger partial charge is 0.496 e. The molecule has 2 aliphatic rings. The number of hydrogen-bond donors (Lipinski definition) is 1. The van der Waals surface area contributed by atoms with Crippen molar-refractivity contribution in [3.05, 3.63) is 29.3 Å². The van der Waals surface area contributed by atoms with Crippen molar-refractivity contribution in [2.75, 3.05) is 7.11 Å². The summed E-state index contributed by atoms with van der Waals surface area (Å²) in [7, 11) is 1.60. The average molecular weight is 248 g/mol. The van der Waals surface area contributed by atoms with Crippen LogP contribution in [-0.4, -0.2) is 24.3 Å². The topological polar surface area (TPSA) is 55.8 Å². The molecule has 1 aromatic rings. The standard InChI is InChI=1S/C14H16O4/c1-17-11-4-2-3-10-12(11)14(18-13(10)16)7-5-9(15)6-8-14/h2-4,9,15H,5-8H2,1H3. The van der Waals surface area contributed by atoms with Gasteiger partial charge in [0.25, 0.3) is 0 Å². The highest BCUT2D eigenvalue weighted by Crippen LogP contribution is 2.50. The zero-order chi connectivity index (χ0) is 12.8. The Morgan fingerprint density at radius 3 is 2.78 bits per heavy atom. The second kappa shape index (κ2) is 3.99. The summed E-state index contributed by atoms with van der Waals surface area (Å²) in [6, 6.07) is 5.43. The van der Waals surface area contributed by atoms with E-state index in [1.54, 1.807) is 19.2 Å². The Morgan fingerprint density at radius 1 is 1.39 bits per heavy atom. The minimum atomic E-state index is -0.585. The van der Waals surface area contributed by atoms with Gasteiger partial charge < -0.3 is 14.6 Å². The zero-order valence-electron chi connectivity index (χ0n) is 10.3. The highest BCUT2D eigenvalue weighted by molar-refractivity contribution is 5.95. The van der Waals surface area contributed by atoms with E-state index < -0.39 is 5.60 Å². The molecule has 1 spiro atoms. The second-order valence-corrected chi connectivity index (χ2v) is 5.00. The molecule has 1 saturated carbocycles. The third-order valence-electron chi connectivity index (χ3n) is 3.97. The molecule has 1 fully saturated rings. The number of methoxy groups -OCH3 is 1. The Bertz CT molecular complexity index is 487. The van der Waals surface area contributed by atoms with Crippen LogP contribution in [0.1, 0.15) is 41.6 Å². The summed E-state index contributed by atoms with van der Waals surface area (Å²) >= 11 is 0. The van der Waals surface area contributed by atoms with Gasteiger partial charge >= 0.3 is 5.97 Å². The molecule has 0 bridgehead atoms. The number of esters is 1. The Labute approximate surface area is 106 Å². The number of ether oxygens (including phenoxy) is 2. The van der Waals surface area contributed by atoms with Gasteiger partial charge in [0.15, 0.2) is 0 Å². The number of hydrogen-bond acceptors (Lipinski definition) is 4. The van der Waals surface area contributed by atoms with Crippen LogP contribution in [0.3, 0.4) is 0 Å². The van der Waals surface area contributed by atoms with E-state index in [9.17, 15) is 9.90 Å². The second-order valence-electron chi connectivity index (χ2n) is 5.00. The normalized spacial score (nSPS) is 30.1. The molecular weight excluding hydrogens is 232 g/mol. The van der Waals surface area contributed by atoms with Crippen LogP contribution in [0.2, 0.25) is 0 Å². The summed E-state index contributed by atoms with van der Waals surface area (Å²) in [5.41, 5.74) is 0.883. The molecule has 4 heteroatoms. The Hall–Kier alpha value is -1.55. The lowest BCUT2D eigenvalue weighted by Gasteiger charge is -2.35. The van der Waals surface area contributed by atoms with Gasteiger partial charge in [-0.25, -0.2) is 4.79 Å². The third kappa shape index (κ3) is 1.52. The lowest BCUT2D eigenvalue weighted by Crippen LogP contribution is -2.34. The fourth-order valence-corrected chi connectivity index (χ4v) is 3.05. The van der Waals surface area contributed by atoms with Crippen LogP contribution >= 0.6 is 0 Å². The van der Waals surface area contributed by atoms with Crippen molar-refractivity contribution < 1.29 is 19.4 Å². The summed E-state index contributed by atoms with van der Waals surface area (Å²) in [6.07, 6.45) is 2.35. The van der Waals surface area contributed by atoms with E-state index in [2.05, 4.69) is 0 Å². The molecule has 4 nitrogen and oxygen atoms in total. The molecule has 1 N–H and O–H groups in total. The molecule has 96 valence electrons. The maximum absolute atomic E-state index is 11.9. The Morgan fingerprint density at radius 2 is 2.11 bits per heavy atom. The van der Waals surface area contributed by atoms with Crippen LogP contribution in [-0.2, 0) is 10.3 Å². The number of carbonyl (C=O) groups is 1. The van der Waals surface area contributed by atoms with E-state index in [1.165, 1.54) is 0 Å². The maximum Gasteiger partial charge on any atom is 0.339 e. The predicted octanol–water partition coefficient (Wildman–Crippen LogP) is 2.00. The molecule has 1 aliphatic heterocycles. The van der Waals surface area contributed by atoms with Crippen LogP contribution in [0.15, 0.2) is 18.2 Å². The highest BCUT2D eigenvalue weighted by atomic mass is 16.6. The summed E-state index contributed by atoms with van der Waals surface area (Å²) in [5, 5.41) is 9.62. The van der Waals surface area contributed by atoms with Crippen molar-refractivity contribution >= 4 is 5.97 Å². The van der Waals surface area contributed by atoms with Gasteiger partial charge in [0.2, 0.25) is 0 Å². The summed E-state index contributed by atoms with van der Waals surface area (Å²) in [6.45, 7) is 0. The third-order valence-corrected chi connectivity index (χ3v) is 3.97. The van der Waals surface area contributed by atoms with Crippen LogP contribution in [0.4, 0.5) is 0 Å². The zero-order valence-corrected chi connectivity index (χ0v) is 10.3. The van der Waals surface area contributed by atoms with Crippen LogP contribution in [0.25, 0.3) is 0 Å². The van der Waals surface area contributed by atoms with Gasteiger partial charge in [-0.2, -0.15) is 0 Å². The first-order chi connectivity index (χ1) is 8.66. The van der Waals surface area contributed by atoms with Crippen molar-refractivity contribution in [3.63, 3.8) is 0 Å². The molecule has 0 saturated heterocycles. The summed E-state index contributed by atoms with van der Waals surface area (Å²) in [5.74, 6) is 0.426. The monoisotopic (exact) mass is 248 g/mol. The Kier molecular flexibility index (Phi) is 2.55. The lowest BCUT2D eigenvalue weighted by atomic mass is 9.78. The van der Waals surface area contributed by atoms with E-state index in [1.807, 2.05) is 6.07 Å². The molecule has 0 amide bonds. The number of fused-ring (bicyclic) bond motifs is 2. The quantitative estimate of drug-likeness (QED) is 0.772. The first kappa shape index (κ1) is 11.5. The van der Waals surface area contributed by atoms with Crippen LogP contribution in [0.5, 0.6) is 5.75 Å². The van der Waals surface area contributed by atoms with Gasteiger partial charge in [0, 0.05) is 0 Å². The molecule has 0 unspecified atom stereocenters. The van der Waals surface area contributed by atoms with E-state index in [4.69, 9.17) is 9.47 Å². The van der Waals surface area contributed by atoms with E-state index in [0.717, 1.165) is 5.56 Å². The Balaban J connectivity index is 2.09. The van der Waals surface area contributed by atoms with E-state index >= 15 is 0 Å². The van der Waals surface area contributed by atoms with Crippen LogP contribution in [0, 0.1) is 0 Å². The van der Waals surface area contributed by atoms with Gasteiger partial charge in [-0.1, -0.05) is 6.07 Å². The van der Waals surface area contributed by atoms with E-state index in [0.29, 0.717) is 37.0 Å². The summed E-state index contributed by atoms with van der Waals surface area (Å²) < 4.78 is 11.0. The molecule has 1 aliphatic carbocycles. The molecule has 0 atom stereocenters. The fourth-order valence-electron chi connectivity index (χ4n) is 3.05. The smallest absolute Gasteiger partial charge is 0.339 e. The fraction of sp³-hybridized carbons (Fsp3) is 0.500. The van der Waals surface area contributed by atoms with Crippen molar-refractivity contribution in [2.24, 2.45) is 0 Å². The van der Waals surface area contributed by atoms with Crippen molar-refractivity contribution in [3.8, 4) is 5.75 Å². The van der Waals surface area contributed by atoms with E-state index in [-0.39, 0.29) is 12.1 Å². The van der Waals surface area contributed by atoms with Gasteiger partial charge in [-0.15, -0.1) is 0 Å². The SMILES string of the molecule is COc1cccc2c1C1(CCC(O)CC1)OC2=O. The number of aliphatic hydroxyl groups is 1. The van der Waals surface area contributed by atoms with Gasteiger partial charge in [-0.05, 0) is 37.8 Å². The van der Waals surface area contributed by atoms with Gasteiger partial charge in [0.1, 0.15) is 11.4 Å². The maximum atomic E-state index is 11.9. The lowest BCUT2D eigenvalue weighted by molar-refractivity contribution is -0.0502. The number of carbonyl (C=O) groups excluding carboxylic acids is 1. The molecule has 18 heavy (non-hydrogen) atoms. The molecule has 1 aromatic carbocycles. The first-order valence-corrected chi connectivity index (χ1v) is 6.25. The average Bonchev–Trinajstić information content (AvgIpc) is 2.67. The molecule has 1 heterocycles. The number of benzene rings is 1. The van der Waals surface area contributed by atoms with Crippen molar-refractivity contribution in [1.29, 1.82) is 0 Å². The molecule has 0 radical (unpaired) electrons. The predicted molar refractivity (Wildman–Crippen MR) is 64.6 cm³/mol. The van der Waals surface area contributed by atoms with Crippen molar-refractivity contribution in [2.45, 2.75) is 37.4 Å². The highest BCUT2D eigenvalue weighted by Gasteiger charge is 2.49. The minimum Gasteiger partial charge on any atom is -0.496 e. The minimum absolute atomic E-state index is 0.278. The van der Waals surface area contributed by atoms with Crippen molar-refractivity contribution in [1.82, 2.24) is 0 Å². The molecule has 0 aromatic heterocycles. The number of aliphatic hydroxyl groups excluding tert-OH is 1. The first-order valence-electron chi connectivity index (χ1n) is 6.25. The molecular formula is C14H16O4. The number of rotatable bonds is 1. The van der Waals surface area contributed by atoms with Crippen LogP contribution < -0.4 is 4.74 Å².